The van der Waals surface area contributed by atoms with Crippen LogP contribution in [0.2, 0.25) is 0 Å². The zero-order chi connectivity index (χ0) is 30.3. The first-order valence-electron chi connectivity index (χ1n) is 13.2. The Hall–Kier alpha value is -5.71. The van der Waals surface area contributed by atoms with Crippen LogP contribution in [0, 0.1) is 29.8 Å². The molecule has 11 heteroatoms. The zero-order valence-corrected chi connectivity index (χ0v) is 23.3. The van der Waals surface area contributed by atoms with Gasteiger partial charge in [-0.25, -0.2) is 9.82 Å². The molecule has 5 rings (SSSR count). The lowest BCUT2D eigenvalue weighted by Gasteiger charge is -2.10. The maximum Gasteiger partial charge on any atom is 0.311 e. The van der Waals surface area contributed by atoms with E-state index in [0.717, 1.165) is 17.1 Å². The highest BCUT2D eigenvalue weighted by atomic mass is 19.1. The van der Waals surface area contributed by atoms with Crippen molar-refractivity contribution in [1.29, 1.82) is 0 Å². The Bertz CT molecular complexity index is 1760. The average Bonchev–Trinajstić information content (AvgIpc) is 3.62. The second-order valence-electron chi connectivity index (χ2n) is 9.57. The highest BCUT2D eigenvalue weighted by molar-refractivity contribution is 5.93. The molecule has 0 fully saturated rings. The van der Waals surface area contributed by atoms with Gasteiger partial charge in [0.15, 0.2) is 5.76 Å². The summed E-state index contributed by atoms with van der Waals surface area (Å²) in [7, 11) is 0. The molecular weight excluding hydrogens is 555 g/mol. The van der Waals surface area contributed by atoms with Crippen molar-refractivity contribution < 1.29 is 28.0 Å². The summed E-state index contributed by atoms with van der Waals surface area (Å²) in [5.41, 5.74) is 6.25. The summed E-state index contributed by atoms with van der Waals surface area (Å²) in [5.74, 6) is 0.0231. The Morgan fingerprint density at radius 2 is 1.67 bits per heavy atom. The maximum absolute atomic E-state index is 13.2. The number of carbonyl (C=O) groups excluding carboxylic acids is 1. The van der Waals surface area contributed by atoms with Gasteiger partial charge in [-0.05, 0) is 86.1 Å². The number of ether oxygens (including phenoxy) is 2. The lowest BCUT2D eigenvalue weighted by atomic mass is 10.2. The second kappa shape index (κ2) is 12.9. The first-order chi connectivity index (χ1) is 20.8. The van der Waals surface area contributed by atoms with E-state index in [1.54, 1.807) is 12.1 Å². The summed E-state index contributed by atoms with van der Waals surface area (Å²) in [6.07, 6.45) is 1.23. The van der Waals surface area contributed by atoms with E-state index in [0.29, 0.717) is 17.1 Å². The summed E-state index contributed by atoms with van der Waals surface area (Å²) in [4.78, 5) is 23.6. The predicted molar refractivity (Wildman–Crippen MR) is 157 cm³/mol. The van der Waals surface area contributed by atoms with E-state index >= 15 is 0 Å². The number of aryl methyl sites for hydroxylation is 2. The van der Waals surface area contributed by atoms with Gasteiger partial charge in [0.1, 0.15) is 30.5 Å². The summed E-state index contributed by atoms with van der Waals surface area (Å²) in [5, 5.41) is 15.5. The first-order valence-corrected chi connectivity index (χ1v) is 13.2. The number of carbonyl (C=O) groups is 1. The standard InChI is InChI=1S/C32H27FN4O6/c1-21-6-7-22(2)36(21)26-12-14-27(15-13-26)41-20-28-16-17-30(43-28)32(38)35-34-18-24-4-3-5-29(37(39)40)31(24)42-19-23-8-10-25(33)11-9-23/h3-18H,19-20H2,1-2H3,(H,35,38)/b34-18+. The van der Waals surface area contributed by atoms with Crippen LogP contribution in [0.5, 0.6) is 11.5 Å². The molecule has 0 spiro atoms. The molecule has 0 unspecified atom stereocenters. The Labute approximate surface area is 246 Å². The van der Waals surface area contributed by atoms with Crippen molar-refractivity contribution in [1.82, 2.24) is 9.99 Å². The van der Waals surface area contributed by atoms with Gasteiger partial charge in [-0.1, -0.05) is 18.2 Å². The van der Waals surface area contributed by atoms with Crippen LogP contribution in [-0.4, -0.2) is 21.6 Å². The van der Waals surface area contributed by atoms with E-state index in [9.17, 15) is 19.3 Å². The third kappa shape index (κ3) is 6.96. The van der Waals surface area contributed by atoms with Crippen molar-refractivity contribution >= 4 is 17.8 Å². The number of aromatic nitrogens is 1. The van der Waals surface area contributed by atoms with Crippen LogP contribution >= 0.6 is 0 Å². The zero-order valence-electron chi connectivity index (χ0n) is 23.3. The quantitative estimate of drug-likeness (QED) is 0.106. The molecule has 0 bridgehead atoms. The molecule has 1 N–H and O–H groups in total. The minimum absolute atomic E-state index is 0.0106. The summed E-state index contributed by atoms with van der Waals surface area (Å²) < 4.78 is 32.4. The number of nitro groups is 1. The Balaban J connectivity index is 1.19. The van der Waals surface area contributed by atoms with Gasteiger partial charge in [-0.15, -0.1) is 0 Å². The minimum atomic E-state index is -0.622. The highest BCUT2D eigenvalue weighted by Gasteiger charge is 2.19. The van der Waals surface area contributed by atoms with Crippen LogP contribution < -0.4 is 14.9 Å². The lowest BCUT2D eigenvalue weighted by Crippen LogP contribution is -2.17. The topological polar surface area (TPSA) is 121 Å². The van der Waals surface area contributed by atoms with Gasteiger partial charge in [0.25, 0.3) is 0 Å². The fraction of sp³-hybridized carbons (Fsp3) is 0.125. The highest BCUT2D eigenvalue weighted by Crippen LogP contribution is 2.31. The molecule has 1 amide bonds. The Morgan fingerprint density at radius 3 is 2.37 bits per heavy atom. The molecular formula is C32H27FN4O6. The Kier molecular flexibility index (Phi) is 8.61. The van der Waals surface area contributed by atoms with Crippen molar-refractivity contribution in [3.63, 3.8) is 0 Å². The van der Waals surface area contributed by atoms with E-state index in [4.69, 9.17) is 13.9 Å². The van der Waals surface area contributed by atoms with E-state index in [2.05, 4.69) is 27.2 Å². The Morgan fingerprint density at radius 1 is 0.953 bits per heavy atom. The minimum Gasteiger partial charge on any atom is -0.486 e. The number of hydrogen-bond acceptors (Lipinski definition) is 7. The van der Waals surface area contributed by atoms with Gasteiger partial charge >= 0.3 is 11.6 Å². The predicted octanol–water partition coefficient (Wildman–Crippen LogP) is 6.66. The normalized spacial score (nSPS) is 11.0. The molecule has 0 aliphatic rings. The first kappa shape index (κ1) is 28.8. The summed E-state index contributed by atoms with van der Waals surface area (Å²) >= 11 is 0. The van der Waals surface area contributed by atoms with E-state index in [1.807, 2.05) is 38.1 Å². The smallest absolute Gasteiger partial charge is 0.311 e. The number of amides is 1. The number of rotatable bonds is 11. The molecule has 0 atom stereocenters. The third-order valence-corrected chi connectivity index (χ3v) is 6.52. The fourth-order valence-corrected chi connectivity index (χ4v) is 4.40. The van der Waals surface area contributed by atoms with Crippen molar-refractivity contribution in [3.8, 4) is 17.2 Å². The SMILES string of the molecule is Cc1ccc(C)n1-c1ccc(OCc2ccc(C(=O)N/N=C/c3cccc([N+](=O)[O-])c3OCc3ccc(F)cc3)o2)cc1. The molecule has 0 aliphatic carbocycles. The number of halogens is 1. The summed E-state index contributed by atoms with van der Waals surface area (Å²) in [6, 6.07) is 24.8. The van der Waals surface area contributed by atoms with E-state index in [-0.39, 0.29) is 36.0 Å². The fourth-order valence-electron chi connectivity index (χ4n) is 4.40. The number of hydrazone groups is 1. The molecule has 218 valence electrons. The molecule has 43 heavy (non-hydrogen) atoms. The van der Waals surface area contributed by atoms with Crippen molar-refractivity contribution in [2.24, 2.45) is 5.10 Å². The van der Waals surface area contributed by atoms with Crippen LogP contribution in [0.1, 0.15) is 38.8 Å². The number of nitrogens with zero attached hydrogens (tertiary/aromatic N) is 3. The maximum atomic E-state index is 13.2. The van der Waals surface area contributed by atoms with Gasteiger partial charge in [-0.2, -0.15) is 5.10 Å². The number of nitrogens with one attached hydrogen (secondary N) is 1. The van der Waals surface area contributed by atoms with Crippen LogP contribution in [0.3, 0.4) is 0 Å². The molecule has 0 saturated heterocycles. The molecule has 0 aliphatic heterocycles. The van der Waals surface area contributed by atoms with E-state index < -0.39 is 16.6 Å². The van der Waals surface area contributed by atoms with Crippen LogP contribution in [-0.2, 0) is 13.2 Å². The van der Waals surface area contributed by atoms with Gasteiger partial charge in [0.2, 0.25) is 5.75 Å². The average molecular weight is 583 g/mol. The third-order valence-electron chi connectivity index (χ3n) is 6.52. The monoisotopic (exact) mass is 582 g/mol. The van der Waals surface area contributed by atoms with Crippen molar-refractivity contribution in [2.45, 2.75) is 27.1 Å². The number of para-hydroxylation sites is 1. The second-order valence-corrected chi connectivity index (χ2v) is 9.57. The molecule has 5 aromatic rings. The van der Waals surface area contributed by atoms with Crippen LogP contribution in [0.4, 0.5) is 10.1 Å². The number of benzene rings is 3. The summed E-state index contributed by atoms with van der Waals surface area (Å²) in [6.45, 7) is 4.17. The van der Waals surface area contributed by atoms with Gasteiger partial charge in [0.05, 0.1) is 11.1 Å². The number of furan rings is 1. The van der Waals surface area contributed by atoms with Gasteiger partial charge in [0, 0.05) is 28.7 Å². The van der Waals surface area contributed by atoms with Gasteiger partial charge in [-0.3, -0.25) is 14.9 Å². The van der Waals surface area contributed by atoms with Crippen LogP contribution in [0.25, 0.3) is 5.69 Å². The molecule has 10 nitrogen and oxygen atoms in total. The van der Waals surface area contributed by atoms with Crippen LogP contribution in [0.15, 0.2) is 101 Å². The molecule has 0 saturated carbocycles. The molecule has 2 heterocycles. The molecule has 0 radical (unpaired) electrons. The van der Waals surface area contributed by atoms with Crippen molar-refractivity contribution in [3.05, 3.63) is 141 Å². The number of nitro benzene ring substituents is 1. The largest absolute Gasteiger partial charge is 0.486 e. The van der Waals surface area contributed by atoms with E-state index in [1.165, 1.54) is 48.7 Å². The molecule has 3 aromatic carbocycles. The van der Waals surface area contributed by atoms with Crippen molar-refractivity contribution in [2.75, 3.05) is 0 Å². The molecule has 2 aromatic heterocycles. The van der Waals surface area contributed by atoms with Gasteiger partial charge < -0.3 is 18.5 Å². The number of hydrogen-bond donors (Lipinski definition) is 1. The lowest BCUT2D eigenvalue weighted by molar-refractivity contribution is -0.385.